The molecule has 1 amide bonds. The van der Waals surface area contributed by atoms with E-state index in [1.165, 1.54) is 35.5 Å². The van der Waals surface area contributed by atoms with Crippen molar-refractivity contribution in [2.75, 3.05) is 18.1 Å². The number of aromatic nitrogens is 3. The molecule has 2 aromatic rings. The van der Waals surface area contributed by atoms with Gasteiger partial charge in [-0.25, -0.2) is 18.4 Å². The van der Waals surface area contributed by atoms with E-state index in [1.807, 2.05) is 0 Å². The van der Waals surface area contributed by atoms with Crippen LogP contribution in [-0.4, -0.2) is 46.4 Å². The Bertz CT molecular complexity index is 839. The first kappa shape index (κ1) is 15.5. The lowest BCUT2D eigenvalue weighted by molar-refractivity contribution is 0.102. The molecule has 0 bridgehead atoms. The van der Waals surface area contributed by atoms with Gasteiger partial charge < -0.3 is 5.32 Å². The van der Waals surface area contributed by atoms with Gasteiger partial charge in [-0.3, -0.25) is 9.78 Å². The maximum Gasteiger partial charge on any atom is 0.257 e. The van der Waals surface area contributed by atoms with Crippen molar-refractivity contribution in [2.45, 2.75) is 13.0 Å². The molecule has 3 heterocycles. The molecule has 0 aliphatic carbocycles. The maximum atomic E-state index is 12.4. The summed E-state index contributed by atoms with van der Waals surface area (Å²) in [6.45, 7) is 0.585. The van der Waals surface area contributed by atoms with Gasteiger partial charge in [0.25, 0.3) is 5.91 Å². The van der Waals surface area contributed by atoms with Crippen LogP contribution in [0, 0.1) is 0 Å². The van der Waals surface area contributed by atoms with Gasteiger partial charge in [0.05, 0.1) is 29.9 Å². The summed E-state index contributed by atoms with van der Waals surface area (Å²) in [5.41, 5.74) is 2.51. The van der Waals surface area contributed by atoms with Gasteiger partial charge in [0.15, 0.2) is 0 Å². The molecule has 1 aliphatic rings. The molecule has 0 aromatic carbocycles. The largest absolute Gasteiger partial charge is 0.319 e. The Hall–Kier alpha value is -2.39. The van der Waals surface area contributed by atoms with E-state index >= 15 is 0 Å². The number of nitrogens with one attached hydrogen (secondary N) is 1. The molecule has 0 saturated carbocycles. The zero-order chi connectivity index (χ0) is 16.4. The number of carbonyl (C=O) groups is 1. The minimum atomic E-state index is -3.26. The number of anilines is 1. The summed E-state index contributed by atoms with van der Waals surface area (Å²) in [4.78, 5) is 24.2. The van der Waals surface area contributed by atoms with Crippen LogP contribution in [0.15, 0.2) is 31.1 Å². The zero-order valence-corrected chi connectivity index (χ0v) is 13.2. The van der Waals surface area contributed by atoms with Crippen molar-refractivity contribution in [1.82, 2.24) is 19.3 Å². The third-order valence-corrected chi connectivity index (χ3v) is 4.89. The van der Waals surface area contributed by atoms with E-state index in [1.54, 1.807) is 6.20 Å². The van der Waals surface area contributed by atoms with Gasteiger partial charge >= 0.3 is 0 Å². The van der Waals surface area contributed by atoms with Crippen LogP contribution in [-0.2, 0) is 23.0 Å². The highest BCUT2D eigenvalue weighted by molar-refractivity contribution is 7.88. The number of amides is 1. The molecule has 3 rings (SSSR count). The Morgan fingerprint density at radius 2 is 1.91 bits per heavy atom. The molecular weight excluding hydrogens is 318 g/mol. The van der Waals surface area contributed by atoms with Gasteiger partial charge in [-0.1, -0.05) is 0 Å². The number of nitrogens with zero attached hydrogens (tertiary/aromatic N) is 4. The quantitative estimate of drug-likeness (QED) is 0.874. The number of carbonyl (C=O) groups excluding carboxylic acids is 1. The minimum absolute atomic E-state index is 0.233. The van der Waals surface area contributed by atoms with Crippen LogP contribution in [0.5, 0.6) is 0 Å². The molecule has 0 fully saturated rings. The van der Waals surface area contributed by atoms with E-state index in [0.29, 0.717) is 24.2 Å². The maximum absolute atomic E-state index is 12.4. The highest BCUT2D eigenvalue weighted by atomic mass is 32.2. The molecule has 1 N–H and O–H groups in total. The summed E-state index contributed by atoms with van der Waals surface area (Å²) in [6, 6.07) is 0. The molecule has 0 radical (unpaired) electrons. The van der Waals surface area contributed by atoms with Gasteiger partial charge in [-0.05, 0) is 17.5 Å². The molecule has 0 spiro atoms. The second kappa shape index (κ2) is 6.01. The van der Waals surface area contributed by atoms with E-state index in [9.17, 15) is 13.2 Å². The Morgan fingerprint density at radius 3 is 2.61 bits per heavy atom. The highest BCUT2D eigenvalue weighted by Crippen LogP contribution is 2.23. The van der Waals surface area contributed by atoms with E-state index in [4.69, 9.17) is 0 Å². The van der Waals surface area contributed by atoms with Crippen molar-refractivity contribution in [3.05, 3.63) is 47.8 Å². The zero-order valence-electron chi connectivity index (χ0n) is 12.4. The number of pyridine rings is 1. The average molecular weight is 333 g/mol. The molecule has 0 saturated heterocycles. The van der Waals surface area contributed by atoms with Crippen LogP contribution in [0.25, 0.3) is 0 Å². The predicted octanol–water partition coefficient (Wildman–Crippen LogP) is 0.442. The van der Waals surface area contributed by atoms with Crippen molar-refractivity contribution in [3.8, 4) is 0 Å². The van der Waals surface area contributed by atoms with Gasteiger partial charge in [0.2, 0.25) is 10.0 Å². The van der Waals surface area contributed by atoms with Gasteiger partial charge in [0, 0.05) is 25.5 Å². The fourth-order valence-corrected chi connectivity index (χ4v) is 3.30. The van der Waals surface area contributed by atoms with Crippen molar-refractivity contribution >= 4 is 21.6 Å². The Kier molecular flexibility index (Phi) is 4.05. The molecule has 23 heavy (non-hydrogen) atoms. The van der Waals surface area contributed by atoms with Crippen LogP contribution in [0.4, 0.5) is 5.69 Å². The molecule has 9 heteroatoms. The van der Waals surface area contributed by atoms with E-state index in [-0.39, 0.29) is 12.5 Å². The molecular formula is C14H15N5O3S. The van der Waals surface area contributed by atoms with Crippen LogP contribution < -0.4 is 5.32 Å². The smallest absolute Gasteiger partial charge is 0.257 e. The summed E-state index contributed by atoms with van der Waals surface area (Å²) in [5.74, 6) is -0.308. The molecule has 2 aromatic heterocycles. The monoisotopic (exact) mass is 333 g/mol. The Morgan fingerprint density at radius 1 is 1.17 bits per heavy atom. The van der Waals surface area contributed by atoms with Crippen molar-refractivity contribution in [1.29, 1.82) is 0 Å². The predicted molar refractivity (Wildman–Crippen MR) is 83.2 cm³/mol. The van der Waals surface area contributed by atoms with Crippen molar-refractivity contribution in [2.24, 2.45) is 0 Å². The summed E-state index contributed by atoms with van der Waals surface area (Å²) in [7, 11) is -3.26. The SMILES string of the molecule is CS(=O)(=O)N1CCc2c(cncc2C(=O)Nc2cncnc2)C1. The molecule has 0 unspecified atom stereocenters. The Balaban J connectivity index is 1.87. The number of rotatable bonds is 3. The van der Waals surface area contributed by atoms with E-state index < -0.39 is 10.0 Å². The van der Waals surface area contributed by atoms with Gasteiger partial charge in [-0.2, -0.15) is 4.31 Å². The van der Waals surface area contributed by atoms with Crippen LogP contribution >= 0.6 is 0 Å². The first-order chi connectivity index (χ1) is 10.9. The van der Waals surface area contributed by atoms with Crippen LogP contribution in [0.1, 0.15) is 21.5 Å². The summed E-state index contributed by atoms with van der Waals surface area (Å²) >= 11 is 0. The summed E-state index contributed by atoms with van der Waals surface area (Å²) in [5, 5.41) is 2.71. The molecule has 8 nitrogen and oxygen atoms in total. The van der Waals surface area contributed by atoms with Gasteiger partial charge in [-0.15, -0.1) is 0 Å². The molecule has 120 valence electrons. The van der Waals surface area contributed by atoms with E-state index in [0.717, 1.165) is 11.1 Å². The van der Waals surface area contributed by atoms with E-state index in [2.05, 4.69) is 20.3 Å². The third kappa shape index (κ3) is 3.35. The highest BCUT2D eigenvalue weighted by Gasteiger charge is 2.26. The standard InChI is InChI=1S/C14H15N5O3S/c1-23(21,22)19-3-2-12-10(8-19)4-15-7-13(12)14(20)18-11-5-16-9-17-6-11/h4-7,9H,2-3,8H2,1H3,(H,18,20). The number of hydrogen-bond donors (Lipinski definition) is 1. The fourth-order valence-electron chi connectivity index (χ4n) is 2.51. The van der Waals surface area contributed by atoms with Gasteiger partial charge in [0.1, 0.15) is 6.33 Å². The lowest BCUT2D eigenvalue weighted by Crippen LogP contribution is -2.36. The van der Waals surface area contributed by atoms with Crippen molar-refractivity contribution in [3.63, 3.8) is 0 Å². The van der Waals surface area contributed by atoms with Crippen molar-refractivity contribution < 1.29 is 13.2 Å². The second-order valence-corrected chi connectivity index (χ2v) is 7.23. The molecule has 1 aliphatic heterocycles. The van der Waals surface area contributed by atoms with Crippen LogP contribution in [0.3, 0.4) is 0 Å². The third-order valence-electron chi connectivity index (χ3n) is 3.64. The lowest BCUT2D eigenvalue weighted by Gasteiger charge is -2.27. The first-order valence-electron chi connectivity index (χ1n) is 6.92. The summed E-state index contributed by atoms with van der Waals surface area (Å²) in [6.07, 6.45) is 9.12. The summed E-state index contributed by atoms with van der Waals surface area (Å²) < 4.78 is 24.7. The average Bonchev–Trinajstić information content (AvgIpc) is 2.54. The second-order valence-electron chi connectivity index (χ2n) is 5.25. The topological polar surface area (TPSA) is 105 Å². The lowest BCUT2D eigenvalue weighted by atomic mass is 9.98. The fraction of sp³-hybridized carbons (Fsp3) is 0.286. The normalized spacial score (nSPS) is 15.0. The Labute approximate surface area is 133 Å². The number of fused-ring (bicyclic) bond motifs is 1. The number of sulfonamides is 1. The minimum Gasteiger partial charge on any atom is -0.319 e. The van der Waals surface area contributed by atoms with Crippen LogP contribution in [0.2, 0.25) is 0 Å². The first-order valence-corrected chi connectivity index (χ1v) is 8.77. The number of hydrogen-bond acceptors (Lipinski definition) is 6. The molecule has 0 atom stereocenters.